The highest BCUT2D eigenvalue weighted by Gasteiger charge is 2.40. The number of fused-ring (bicyclic) bond motifs is 1. The monoisotopic (exact) mass is 306 g/mol. The Hall–Kier alpha value is -1.79. The van der Waals surface area contributed by atoms with Gasteiger partial charge in [0.2, 0.25) is 0 Å². The molecule has 6 heteroatoms. The number of rotatable bonds is 3. The Morgan fingerprint density at radius 3 is 2.68 bits per heavy atom. The Morgan fingerprint density at radius 1 is 1.23 bits per heavy atom. The standard InChI is InChI=1S/C16H22N2O4/c1-16(2)15(20)18(6-5-17-7-9-21-10-8-17)13-4-3-12(19)11-14(13)22-16/h3-4,11,19H,5-10H2,1-2H3. The third-order valence-corrected chi connectivity index (χ3v) is 4.10. The number of nitrogens with zero attached hydrogens (tertiary/aromatic N) is 2. The van der Waals surface area contributed by atoms with E-state index >= 15 is 0 Å². The molecule has 1 aromatic carbocycles. The highest BCUT2D eigenvalue weighted by Crippen LogP contribution is 2.39. The van der Waals surface area contributed by atoms with Crippen molar-refractivity contribution in [3.8, 4) is 11.5 Å². The largest absolute Gasteiger partial charge is 0.508 e. The normalized spacial score (nSPS) is 21.4. The second-order valence-electron chi connectivity index (χ2n) is 6.18. The molecule has 0 bridgehead atoms. The molecular weight excluding hydrogens is 284 g/mol. The Kier molecular flexibility index (Phi) is 3.97. The summed E-state index contributed by atoms with van der Waals surface area (Å²) in [4.78, 5) is 16.7. The number of hydrogen-bond acceptors (Lipinski definition) is 5. The van der Waals surface area contributed by atoms with Crippen LogP contribution in [-0.4, -0.2) is 60.9 Å². The molecule has 0 unspecified atom stereocenters. The van der Waals surface area contributed by atoms with Gasteiger partial charge in [0.05, 0.1) is 18.9 Å². The van der Waals surface area contributed by atoms with E-state index in [1.54, 1.807) is 36.9 Å². The van der Waals surface area contributed by atoms with Crippen LogP contribution in [-0.2, 0) is 9.53 Å². The summed E-state index contributed by atoms with van der Waals surface area (Å²) in [6.45, 7) is 8.18. The van der Waals surface area contributed by atoms with Crippen molar-refractivity contribution in [2.24, 2.45) is 0 Å². The van der Waals surface area contributed by atoms with E-state index in [-0.39, 0.29) is 11.7 Å². The third kappa shape index (κ3) is 2.89. The summed E-state index contributed by atoms with van der Waals surface area (Å²) >= 11 is 0. The lowest BCUT2D eigenvalue weighted by Crippen LogP contribution is -2.54. The number of hydrogen-bond donors (Lipinski definition) is 1. The van der Waals surface area contributed by atoms with E-state index in [9.17, 15) is 9.90 Å². The number of ether oxygens (including phenoxy) is 2. The number of carbonyl (C=O) groups is 1. The zero-order valence-corrected chi connectivity index (χ0v) is 13.0. The maximum Gasteiger partial charge on any atom is 0.270 e. The van der Waals surface area contributed by atoms with Crippen LogP contribution in [0.3, 0.4) is 0 Å². The summed E-state index contributed by atoms with van der Waals surface area (Å²) < 4.78 is 11.1. The van der Waals surface area contributed by atoms with E-state index in [2.05, 4.69) is 4.90 Å². The number of benzene rings is 1. The van der Waals surface area contributed by atoms with Crippen molar-refractivity contribution in [3.05, 3.63) is 18.2 Å². The molecule has 0 aliphatic carbocycles. The molecule has 1 fully saturated rings. The van der Waals surface area contributed by atoms with Crippen molar-refractivity contribution in [2.45, 2.75) is 19.4 Å². The van der Waals surface area contributed by atoms with Gasteiger partial charge in [-0.1, -0.05) is 0 Å². The van der Waals surface area contributed by atoms with Gasteiger partial charge in [-0.25, -0.2) is 0 Å². The lowest BCUT2D eigenvalue weighted by atomic mass is 10.0. The van der Waals surface area contributed by atoms with Crippen molar-refractivity contribution < 1.29 is 19.4 Å². The Balaban J connectivity index is 1.80. The van der Waals surface area contributed by atoms with Crippen LogP contribution in [0.1, 0.15) is 13.8 Å². The van der Waals surface area contributed by atoms with Gasteiger partial charge in [-0.2, -0.15) is 0 Å². The summed E-state index contributed by atoms with van der Waals surface area (Å²) in [5.41, 5.74) is -0.207. The number of aromatic hydroxyl groups is 1. The van der Waals surface area contributed by atoms with Gasteiger partial charge in [0.25, 0.3) is 5.91 Å². The lowest BCUT2D eigenvalue weighted by molar-refractivity contribution is -0.132. The van der Waals surface area contributed by atoms with Gasteiger partial charge in [0.1, 0.15) is 11.5 Å². The van der Waals surface area contributed by atoms with Crippen LogP contribution in [0.25, 0.3) is 0 Å². The topological polar surface area (TPSA) is 62.2 Å². The highest BCUT2D eigenvalue weighted by molar-refractivity contribution is 6.02. The molecule has 0 saturated carbocycles. The minimum Gasteiger partial charge on any atom is -0.508 e. The fourth-order valence-electron chi connectivity index (χ4n) is 2.85. The van der Waals surface area contributed by atoms with Crippen LogP contribution in [0.15, 0.2) is 18.2 Å². The van der Waals surface area contributed by atoms with Gasteiger partial charge in [-0.05, 0) is 26.0 Å². The number of phenolic OH excluding ortho intramolecular Hbond substituents is 1. The van der Waals surface area contributed by atoms with Gasteiger partial charge in [-0.3, -0.25) is 9.69 Å². The summed E-state index contributed by atoms with van der Waals surface area (Å²) in [5, 5.41) is 9.64. The van der Waals surface area contributed by atoms with E-state index in [0.29, 0.717) is 12.3 Å². The highest BCUT2D eigenvalue weighted by atomic mass is 16.5. The molecule has 1 amide bonds. The van der Waals surface area contributed by atoms with Crippen molar-refractivity contribution in [3.63, 3.8) is 0 Å². The Bertz CT molecular complexity index is 567. The lowest BCUT2D eigenvalue weighted by Gasteiger charge is -2.39. The van der Waals surface area contributed by atoms with Crippen molar-refractivity contribution in [1.29, 1.82) is 0 Å². The molecule has 1 N–H and O–H groups in total. The molecule has 22 heavy (non-hydrogen) atoms. The van der Waals surface area contributed by atoms with E-state index in [1.807, 2.05) is 0 Å². The van der Waals surface area contributed by atoms with Crippen LogP contribution >= 0.6 is 0 Å². The predicted molar refractivity (Wildman–Crippen MR) is 82.4 cm³/mol. The molecule has 2 aliphatic heterocycles. The van der Waals surface area contributed by atoms with Crippen molar-refractivity contribution >= 4 is 11.6 Å². The molecule has 0 radical (unpaired) electrons. The molecule has 0 atom stereocenters. The number of morpholine rings is 1. The molecule has 0 spiro atoms. The van der Waals surface area contributed by atoms with E-state index in [0.717, 1.165) is 38.5 Å². The summed E-state index contributed by atoms with van der Waals surface area (Å²) in [7, 11) is 0. The zero-order chi connectivity index (χ0) is 15.7. The fraction of sp³-hybridized carbons (Fsp3) is 0.562. The minimum absolute atomic E-state index is 0.0565. The van der Waals surface area contributed by atoms with E-state index in [4.69, 9.17) is 9.47 Å². The summed E-state index contributed by atoms with van der Waals surface area (Å²) in [6, 6.07) is 4.87. The molecule has 1 saturated heterocycles. The quantitative estimate of drug-likeness (QED) is 0.910. The van der Waals surface area contributed by atoms with Crippen molar-refractivity contribution in [2.75, 3.05) is 44.3 Å². The van der Waals surface area contributed by atoms with Gasteiger partial charge in [-0.15, -0.1) is 0 Å². The van der Waals surface area contributed by atoms with Gasteiger partial charge < -0.3 is 19.5 Å². The predicted octanol–water partition coefficient (Wildman–Crippen LogP) is 1.23. The van der Waals surface area contributed by atoms with Crippen LogP contribution in [0.2, 0.25) is 0 Å². The van der Waals surface area contributed by atoms with Gasteiger partial charge >= 0.3 is 0 Å². The molecule has 2 aliphatic rings. The second-order valence-corrected chi connectivity index (χ2v) is 6.18. The second kappa shape index (κ2) is 5.78. The average molecular weight is 306 g/mol. The van der Waals surface area contributed by atoms with Gasteiger partial charge in [0.15, 0.2) is 5.60 Å². The first kappa shape index (κ1) is 15.1. The number of amides is 1. The van der Waals surface area contributed by atoms with E-state index in [1.165, 1.54) is 0 Å². The molecule has 2 heterocycles. The van der Waals surface area contributed by atoms with Crippen molar-refractivity contribution in [1.82, 2.24) is 4.90 Å². The number of anilines is 1. The molecular formula is C16H22N2O4. The first-order chi connectivity index (χ1) is 10.5. The zero-order valence-electron chi connectivity index (χ0n) is 13.0. The number of phenols is 1. The molecule has 3 rings (SSSR count). The Morgan fingerprint density at radius 2 is 1.95 bits per heavy atom. The summed E-state index contributed by atoms with van der Waals surface area (Å²) in [6.07, 6.45) is 0. The molecule has 1 aromatic rings. The fourth-order valence-corrected chi connectivity index (χ4v) is 2.85. The van der Waals surface area contributed by atoms with E-state index < -0.39 is 5.60 Å². The smallest absolute Gasteiger partial charge is 0.270 e. The summed E-state index contributed by atoms with van der Waals surface area (Å²) in [5.74, 6) is 0.627. The van der Waals surface area contributed by atoms with Crippen LogP contribution in [0, 0.1) is 0 Å². The SMILES string of the molecule is CC1(C)Oc2cc(O)ccc2N(CCN2CCOCC2)C1=O. The average Bonchev–Trinajstić information content (AvgIpc) is 2.48. The molecule has 120 valence electrons. The van der Waals surface area contributed by atoms with Gasteiger partial charge in [0, 0.05) is 32.2 Å². The maximum atomic E-state index is 12.7. The van der Waals surface area contributed by atoms with Crippen LogP contribution < -0.4 is 9.64 Å². The van der Waals surface area contributed by atoms with Crippen LogP contribution in [0.5, 0.6) is 11.5 Å². The minimum atomic E-state index is -0.925. The Labute approximate surface area is 130 Å². The third-order valence-electron chi connectivity index (χ3n) is 4.10. The van der Waals surface area contributed by atoms with Crippen LogP contribution in [0.4, 0.5) is 5.69 Å². The first-order valence-electron chi connectivity index (χ1n) is 7.61. The maximum absolute atomic E-state index is 12.7. The molecule has 6 nitrogen and oxygen atoms in total. The number of carbonyl (C=O) groups excluding carboxylic acids is 1. The molecule has 0 aromatic heterocycles. The first-order valence-corrected chi connectivity index (χ1v) is 7.61.